The molecule has 1 aliphatic rings. The number of rotatable bonds is 8. The van der Waals surface area contributed by atoms with Crippen molar-refractivity contribution in [2.75, 3.05) is 0 Å². The predicted octanol–water partition coefficient (Wildman–Crippen LogP) is 7.47. The van der Waals surface area contributed by atoms with E-state index >= 15 is 0 Å². The first-order chi connectivity index (χ1) is 13.7. The van der Waals surface area contributed by atoms with Crippen molar-refractivity contribution in [1.29, 1.82) is 0 Å². The largest absolute Gasteiger partial charge is 0.261 e. The normalized spacial score (nSPS) is 14.3. The molecule has 29 heavy (non-hydrogen) atoms. The van der Waals surface area contributed by atoms with Gasteiger partial charge < -0.3 is 0 Å². The molecule has 152 valence electrons. The Hall–Kier alpha value is -2.41. The molecule has 0 aliphatic heterocycles. The second-order valence-electron chi connectivity index (χ2n) is 9.39. The van der Waals surface area contributed by atoms with E-state index in [0.29, 0.717) is 5.92 Å². The van der Waals surface area contributed by atoms with Gasteiger partial charge in [0, 0.05) is 11.9 Å². The van der Waals surface area contributed by atoms with Crippen molar-refractivity contribution in [3.8, 4) is 0 Å². The van der Waals surface area contributed by atoms with Gasteiger partial charge >= 0.3 is 0 Å². The van der Waals surface area contributed by atoms with Crippen LogP contribution in [0.15, 0.2) is 60.8 Å². The molecule has 0 N–H and O–H groups in total. The summed E-state index contributed by atoms with van der Waals surface area (Å²) < 4.78 is 0. The van der Waals surface area contributed by atoms with Gasteiger partial charge in [-0.05, 0) is 77.8 Å². The van der Waals surface area contributed by atoms with Crippen molar-refractivity contribution >= 4 is 11.6 Å². The van der Waals surface area contributed by atoms with Crippen LogP contribution in [0.4, 0.5) is 0 Å². The highest BCUT2D eigenvalue weighted by molar-refractivity contribution is 5.89. The second kappa shape index (κ2) is 8.53. The average molecular weight is 386 g/mol. The lowest BCUT2D eigenvalue weighted by Crippen LogP contribution is -2.24. The Kier molecular flexibility index (Phi) is 6.27. The topological polar surface area (TPSA) is 12.9 Å². The maximum Gasteiger partial charge on any atom is 0.0475 e. The van der Waals surface area contributed by atoms with Gasteiger partial charge in [0.15, 0.2) is 0 Å². The molecule has 0 radical (unpaired) electrons. The van der Waals surface area contributed by atoms with Crippen LogP contribution in [0.3, 0.4) is 0 Å². The van der Waals surface area contributed by atoms with Crippen LogP contribution in [0.1, 0.15) is 69.0 Å². The highest BCUT2D eigenvalue weighted by Crippen LogP contribution is 2.38. The maximum absolute atomic E-state index is 4.57. The van der Waals surface area contributed by atoms with Gasteiger partial charge in [-0.1, -0.05) is 82.3 Å². The lowest BCUT2D eigenvalue weighted by molar-refractivity contribution is 0.228. The van der Waals surface area contributed by atoms with Crippen molar-refractivity contribution in [3.05, 3.63) is 88.8 Å². The van der Waals surface area contributed by atoms with E-state index in [-0.39, 0.29) is 5.41 Å². The minimum absolute atomic E-state index is 0.199. The van der Waals surface area contributed by atoms with Gasteiger partial charge in [-0.2, -0.15) is 0 Å². The summed E-state index contributed by atoms with van der Waals surface area (Å²) in [5, 5.41) is 0. The number of aryl methyl sites for hydroxylation is 1. The van der Waals surface area contributed by atoms with Crippen LogP contribution in [0.2, 0.25) is 0 Å². The molecule has 2 aromatic rings. The van der Waals surface area contributed by atoms with Crippen LogP contribution in [-0.2, 0) is 19.3 Å². The molecule has 0 fully saturated rings. The Labute approximate surface area is 177 Å². The van der Waals surface area contributed by atoms with E-state index in [9.17, 15) is 0 Å². The minimum atomic E-state index is 0.199. The number of pyridine rings is 1. The number of benzene rings is 1. The average Bonchev–Trinajstić information content (AvgIpc) is 3.10. The molecule has 1 aromatic heterocycles. The summed E-state index contributed by atoms with van der Waals surface area (Å²) in [5.74, 6) is 0.565. The first-order valence-corrected chi connectivity index (χ1v) is 10.8. The molecule has 0 saturated carbocycles. The van der Waals surface area contributed by atoms with Gasteiger partial charge in [0.25, 0.3) is 0 Å². The SMILES string of the molecule is C=C(C)C(=C)CC(C)(C)C(C)Cc1ccc2c(c1)CC(c1cccnc1CC)=C2. The summed E-state index contributed by atoms with van der Waals surface area (Å²) in [6, 6.07) is 11.3. The fraction of sp³-hybridized carbons (Fsp3) is 0.393. The summed E-state index contributed by atoms with van der Waals surface area (Å²) in [4.78, 5) is 4.57. The van der Waals surface area contributed by atoms with Crippen LogP contribution in [0.5, 0.6) is 0 Å². The monoisotopic (exact) mass is 385 g/mol. The summed E-state index contributed by atoms with van der Waals surface area (Å²) in [5.41, 5.74) is 10.6. The van der Waals surface area contributed by atoms with Crippen molar-refractivity contribution in [2.45, 2.75) is 60.3 Å². The van der Waals surface area contributed by atoms with E-state index in [0.717, 1.165) is 31.3 Å². The summed E-state index contributed by atoms with van der Waals surface area (Å²) in [7, 11) is 0. The van der Waals surface area contributed by atoms with E-state index in [1.807, 2.05) is 12.3 Å². The van der Waals surface area contributed by atoms with Crippen molar-refractivity contribution in [1.82, 2.24) is 4.98 Å². The molecule has 1 nitrogen and oxygen atoms in total. The highest BCUT2D eigenvalue weighted by Gasteiger charge is 2.27. The van der Waals surface area contributed by atoms with Crippen molar-refractivity contribution in [2.24, 2.45) is 11.3 Å². The molecular formula is C28H35N. The van der Waals surface area contributed by atoms with Crippen LogP contribution in [0.25, 0.3) is 11.6 Å². The first-order valence-electron chi connectivity index (χ1n) is 10.8. The van der Waals surface area contributed by atoms with Gasteiger partial charge in [0.1, 0.15) is 0 Å². The second-order valence-corrected chi connectivity index (χ2v) is 9.39. The number of allylic oxidation sites excluding steroid dienone is 3. The molecule has 1 aliphatic carbocycles. The Bertz CT molecular complexity index is 958. The van der Waals surface area contributed by atoms with Gasteiger partial charge in [-0.25, -0.2) is 0 Å². The van der Waals surface area contributed by atoms with Crippen LogP contribution >= 0.6 is 0 Å². The molecule has 0 saturated heterocycles. The third-order valence-electron chi connectivity index (χ3n) is 6.64. The van der Waals surface area contributed by atoms with Gasteiger partial charge in [-0.15, -0.1) is 0 Å². The van der Waals surface area contributed by atoms with E-state index in [2.05, 4.69) is 83.1 Å². The molecule has 0 spiro atoms. The molecule has 1 atom stereocenters. The van der Waals surface area contributed by atoms with Crippen LogP contribution in [0, 0.1) is 11.3 Å². The smallest absolute Gasteiger partial charge is 0.0475 e. The highest BCUT2D eigenvalue weighted by atomic mass is 14.7. The lowest BCUT2D eigenvalue weighted by Gasteiger charge is -2.33. The fourth-order valence-corrected chi connectivity index (χ4v) is 4.21. The molecule has 0 amide bonds. The van der Waals surface area contributed by atoms with Gasteiger partial charge in [0.05, 0.1) is 0 Å². The van der Waals surface area contributed by atoms with Gasteiger partial charge in [-0.3, -0.25) is 4.98 Å². The zero-order valence-corrected chi connectivity index (χ0v) is 18.8. The van der Waals surface area contributed by atoms with Gasteiger partial charge in [0.2, 0.25) is 0 Å². The Morgan fingerprint density at radius 3 is 2.66 bits per heavy atom. The van der Waals surface area contributed by atoms with E-state index in [4.69, 9.17) is 0 Å². The molecule has 0 bridgehead atoms. The molecular weight excluding hydrogens is 350 g/mol. The molecule has 1 aromatic carbocycles. The predicted molar refractivity (Wildman–Crippen MR) is 127 cm³/mol. The van der Waals surface area contributed by atoms with E-state index in [1.54, 1.807) is 0 Å². The van der Waals surface area contributed by atoms with E-state index in [1.165, 1.54) is 39.1 Å². The minimum Gasteiger partial charge on any atom is -0.261 e. The standard InChI is InChI=1S/C28H35N/c1-8-27-26(10-9-13-29-27)25-16-23-12-11-22(15-24(23)17-25)14-21(5)28(6,7)18-20(4)19(2)3/h9-13,15-16,21H,2,4,8,14,17-18H2,1,3,5-7H3. The quantitative estimate of drug-likeness (QED) is 0.429. The van der Waals surface area contributed by atoms with E-state index < -0.39 is 0 Å². The first kappa shape index (κ1) is 21.3. The number of hydrogen-bond donors (Lipinski definition) is 0. The molecule has 1 heterocycles. The third-order valence-corrected chi connectivity index (χ3v) is 6.64. The molecule has 3 rings (SSSR count). The molecule has 1 unspecified atom stereocenters. The summed E-state index contributed by atoms with van der Waals surface area (Å²) >= 11 is 0. The number of hydrogen-bond acceptors (Lipinski definition) is 1. The zero-order valence-electron chi connectivity index (χ0n) is 18.8. The van der Waals surface area contributed by atoms with Crippen LogP contribution < -0.4 is 0 Å². The van der Waals surface area contributed by atoms with Crippen molar-refractivity contribution in [3.63, 3.8) is 0 Å². The van der Waals surface area contributed by atoms with Crippen molar-refractivity contribution < 1.29 is 0 Å². The Morgan fingerprint density at radius 2 is 1.97 bits per heavy atom. The summed E-state index contributed by atoms with van der Waals surface area (Å²) in [6.07, 6.45) is 8.31. The van der Waals surface area contributed by atoms with Crippen LogP contribution in [-0.4, -0.2) is 4.98 Å². The Morgan fingerprint density at radius 1 is 1.21 bits per heavy atom. The summed E-state index contributed by atoms with van der Waals surface area (Å²) in [6.45, 7) is 19.6. The number of nitrogens with zero attached hydrogens (tertiary/aromatic N) is 1. The number of aromatic nitrogens is 1. The fourth-order valence-electron chi connectivity index (χ4n) is 4.21. The maximum atomic E-state index is 4.57. The number of fused-ring (bicyclic) bond motifs is 1. The third kappa shape index (κ3) is 4.78. The lowest BCUT2D eigenvalue weighted by atomic mass is 9.72. The molecule has 1 heteroatoms. The Balaban J connectivity index is 1.73. The zero-order chi connectivity index (χ0) is 21.2.